The predicted octanol–water partition coefficient (Wildman–Crippen LogP) is 5.58. The Bertz CT molecular complexity index is 956. The first-order chi connectivity index (χ1) is 14.1. The van der Waals surface area contributed by atoms with E-state index >= 15 is 0 Å². The average Bonchev–Trinajstić information content (AvgIpc) is 2.74. The topological polar surface area (TPSA) is 56.8 Å². The molecule has 0 atom stereocenters. The fourth-order valence-corrected chi connectivity index (χ4v) is 2.85. The number of hydrogen-bond acceptors (Lipinski definition) is 4. The fraction of sp³-hybridized carbons (Fsp3) is 0.174. The molecule has 3 aromatic rings. The molecule has 0 unspecified atom stereocenters. The summed E-state index contributed by atoms with van der Waals surface area (Å²) in [5.41, 5.74) is 1.96. The Balaban J connectivity index is 1.71. The van der Waals surface area contributed by atoms with Gasteiger partial charge >= 0.3 is 0 Å². The second kappa shape index (κ2) is 9.85. The number of methoxy groups -OCH3 is 1. The van der Waals surface area contributed by atoms with Gasteiger partial charge in [0.15, 0.2) is 0 Å². The van der Waals surface area contributed by atoms with E-state index in [1.807, 2.05) is 19.1 Å². The number of carbonyl (C=O) groups excluding carboxylic acids is 1. The van der Waals surface area contributed by atoms with Crippen LogP contribution < -0.4 is 19.5 Å². The number of nitrogens with one attached hydrogen (secondary N) is 1. The molecule has 3 aromatic carbocycles. The second-order valence-corrected chi connectivity index (χ2v) is 6.62. The van der Waals surface area contributed by atoms with Crippen LogP contribution in [0.3, 0.4) is 0 Å². The van der Waals surface area contributed by atoms with Crippen molar-refractivity contribution in [1.82, 2.24) is 0 Å². The van der Waals surface area contributed by atoms with E-state index in [1.165, 1.54) is 0 Å². The number of benzene rings is 3. The largest absolute Gasteiger partial charge is 0.496 e. The molecule has 150 valence electrons. The third kappa shape index (κ3) is 5.65. The van der Waals surface area contributed by atoms with E-state index in [0.717, 1.165) is 11.3 Å². The minimum absolute atomic E-state index is 0.218. The number of carbonyl (C=O) groups is 1. The zero-order valence-corrected chi connectivity index (χ0v) is 17.0. The number of ether oxygens (including phenoxy) is 3. The molecule has 1 amide bonds. The summed E-state index contributed by atoms with van der Waals surface area (Å²) in [5, 5.41) is 3.52. The summed E-state index contributed by atoms with van der Waals surface area (Å²) >= 11 is 5.90. The lowest BCUT2D eigenvalue weighted by atomic mass is 10.1. The van der Waals surface area contributed by atoms with Crippen molar-refractivity contribution >= 4 is 23.2 Å². The Hall–Kier alpha value is -3.18. The van der Waals surface area contributed by atoms with Crippen molar-refractivity contribution in [3.63, 3.8) is 0 Å². The lowest BCUT2D eigenvalue weighted by Gasteiger charge is -2.13. The van der Waals surface area contributed by atoms with E-state index in [9.17, 15) is 4.79 Å². The van der Waals surface area contributed by atoms with Gasteiger partial charge in [-0.3, -0.25) is 4.79 Å². The van der Waals surface area contributed by atoms with Crippen LogP contribution in [0.25, 0.3) is 0 Å². The molecule has 0 spiro atoms. The quantitative estimate of drug-likeness (QED) is 0.525. The zero-order valence-electron chi connectivity index (χ0n) is 16.3. The molecule has 0 aromatic heterocycles. The van der Waals surface area contributed by atoms with E-state index < -0.39 is 0 Å². The Kier molecular flexibility index (Phi) is 6.98. The van der Waals surface area contributed by atoms with E-state index in [2.05, 4.69) is 5.32 Å². The van der Waals surface area contributed by atoms with Gasteiger partial charge < -0.3 is 19.5 Å². The molecule has 0 heterocycles. The highest BCUT2D eigenvalue weighted by Gasteiger charge is 2.12. The summed E-state index contributed by atoms with van der Waals surface area (Å²) in [6.45, 7) is 2.78. The highest BCUT2D eigenvalue weighted by Crippen LogP contribution is 2.24. The Morgan fingerprint density at radius 1 is 0.931 bits per heavy atom. The molecule has 0 aliphatic rings. The minimum Gasteiger partial charge on any atom is -0.496 e. The summed E-state index contributed by atoms with van der Waals surface area (Å²) in [4.78, 5) is 12.6. The SMILES string of the molecule is CCOc1ccc(NC(=O)c2ccc(OC)c(COc3ccc(Cl)cc3)c2)cc1. The third-order valence-corrected chi connectivity index (χ3v) is 4.43. The van der Waals surface area contributed by atoms with Crippen molar-refractivity contribution in [2.75, 3.05) is 19.0 Å². The molecule has 3 rings (SSSR count). The monoisotopic (exact) mass is 411 g/mol. The summed E-state index contributed by atoms with van der Waals surface area (Å²) in [7, 11) is 1.58. The summed E-state index contributed by atoms with van der Waals surface area (Å²) < 4.78 is 16.6. The smallest absolute Gasteiger partial charge is 0.255 e. The van der Waals surface area contributed by atoms with Crippen LogP contribution >= 0.6 is 11.6 Å². The lowest BCUT2D eigenvalue weighted by Crippen LogP contribution is -2.12. The van der Waals surface area contributed by atoms with Crippen LogP contribution in [0.1, 0.15) is 22.8 Å². The van der Waals surface area contributed by atoms with E-state index in [-0.39, 0.29) is 12.5 Å². The van der Waals surface area contributed by atoms with Crippen LogP contribution in [0, 0.1) is 0 Å². The molecule has 0 aliphatic carbocycles. The molecule has 0 saturated heterocycles. The minimum atomic E-state index is -0.218. The number of anilines is 1. The Labute approximate surface area is 175 Å². The van der Waals surface area contributed by atoms with Crippen LogP contribution in [0.15, 0.2) is 66.7 Å². The fourth-order valence-electron chi connectivity index (χ4n) is 2.73. The first-order valence-electron chi connectivity index (χ1n) is 9.18. The highest BCUT2D eigenvalue weighted by molar-refractivity contribution is 6.30. The number of amides is 1. The second-order valence-electron chi connectivity index (χ2n) is 6.18. The van der Waals surface area contributed by atoms with E-state index in [1.54, 1.807) is 61.7 Å². The van der Waals surface area contributed by atoms with Crippen molar-refractivity contribution in [1.29, 1.82) is 0 Å². The molecule has 5 nitrogen and oxygen atoms in total. The van der Waals surface area contributed by atoms with Gasteiger partial charge in [-0.25, -0.2) is 0 Å². The van der Waals surface area contributed by atoms with E-state index in [0.29, 0.717) is 34.4 Å². The van der Waals surface area contributed by atoms with Gasteiger partial charge in [0.1, 0.15) is 23.9 Å². The maximum absolute atomic E-state index is 12.6. The molecule has 0 aliphatic heterocycles. The zero-order chi connectivity index (χ0) is 20.6. The van der Waals surface area contributed by atoms with Crippen LogP contribution in [0.2, 0.25) is 5.02 Å². The predicted molar refractivity (Wildman–Crippen MR) is 114 cm³/mol. The van der Waals surface area contributed by atoms with Crippen LogP contribution in [-0.4, -0.2) is 19.6 Å². The van der Waals surface area contributed by atoms with Gasteiger partial charge in [-0.2, -0.15) is 0 Å². The molecule has 0 saturated carbocycles. The van der Waals surface area contributed by atoms with Gasteiger partial charge in [0.25, 0.3) is 5.91 Å². The van der Waals surface area contributed by atoms with E-state index in [4.69, 9.17) is 25.8 Å². The average molecular weight is 412 g/mol. The summed E-state index contributed by atoms with van der Waals surface area (Å²) in [6.07, 6.45) is 0. The standard InChI is InChI=1S/C23H22ClNO4/c1-3-28-20-11-7-19(8-12-20)25-23(26)16-4-13-22(27-2)17(14-16)15-29-21-9-5-18(24)6-10-21/h4-14H,3,15H2,1-2H3,(H,25,26). The maximum Gasteiger partial charge on any atom is 0.255 e. The molecule has 0 bridgehead atoms. The van der Waals surface area contributed by atoms with Gasteiger partial charge in [-0.1, -0.05) is 11.6 Å². The number of rotatable bonds is 8. The number of halogens is 1. The van der Waals surface area contributed by atoms with Crippen molar-refractivity contribution in [2.24, 2.45) is 0 Å². The third-order valence-electron chi connectivity index (χ3n) is 4.17. The van der Waals surface area contributed by atoms with Gasteiger partial charge in [0.05, 0.1) is 13.7 Å². The molecule has 0 radical (unpaired) electrons. The van der Waals surface area contributed by atoms with Crippen LogP contribution in [-0.2, 0) is 6.61 Å². The maximum atomic E-state index is 12.6. The first kappa shape index (κ1) is 20.6. The first-order valence-corrected chi connectivity index (χ1v) is 9.56. The Morgan fingerprint density at radius 3 is 2.24 bits per heavy atom. The van der Waals surface area contributed by atoms with Gasteiger partial charge in [-0.05, 0) is 73.7 Å². The summed E-state index contributed by atoms with van der Waals surface area (Å²) in [6, 6.07) is 19.6. The van der Waals surface area contributed by atoms with Crippen molar-refractivity contribution in [3.05, 3.63) is 82.9 Å². The van der Waals surface area contributed by atoms with Crippen molar-refractivity contribution in [3.8, 4) is 17.2 Å². The molecule has 0 fully saturated rings. The van der Waals surface area contributed by atoms with Gasteiger partial charge in [0, 0.05) is 21.8 Å². The molecule has 29 heavy (non-hydrogen) atoms. The van der Waals surface area contributed by atoms with Gasteiger partial charge in [0.2, 0.25) is 0 Å². The van der Waals surface area contributed by atoms with Gasteiger partial charge in [-0.15, -0.1) is 0 Å². The number of hydrogen-bond donors (Lipinski definition) is 1. The van der Waals surface area contributed by atoms with Crippen LogP contribution in [0.5, 0.6) is 17.2 Å². The molecule has 1 N–H and O–H groups in total. The molecular weight excluding hydrogens is 390 g/mol. The van der Waals surface area contributed by atoms with Crippen molar-refractivity contribution in [2.45, 2.75) is 13.5 Å². The highest BCUT2D eigenvalue weighted by atomic mass is 35.5. The summed E-state index contributed by atoms with van der Waals surface area (Å²) in [5.74, 6) is 1.87. The van der Waals surface area contributed by atoms with Crippen molar-refractivity contribution < 1.29 is 19.0 Å². The lowest BCUT2D eigenvalue weighted by molar-refractivity contribution is 0.102. The Morgan fingerprint density at radius 2 is 1.59 bits per heavy atom. The normalized spacial score (nSPS) is 10.3. The molecular formula is C23H22ClNO4. The van der Waals surface area contributed by atoms with Crippen LogP contribution in [0.4, 0.5) is 5.69 Å². The molecule has 6 heteroatoms.